The zero-order valence-electron chi connectivity index (χ0n) is 17.6. The average Bonchev–Trinajstić information content (AvgIpc) is 3.34. The van der Waals surface area contributed by atoms with Crippen LogP contribution < -0.4 is 15.5 Å². The van der Waals surface area contributed by atoms with Crippen molar-refractivity contribution >= 4 is 29.2 Å². The molecule has 164 valence electrons. The third-order valence-electron chi connectivity index (χ3n) is 5.27. The van der Waals surface area contributed by atoms with E-state index >= 15 is 0 Å². The van der Waals surface area contributed by atoms with Crippen LogP contribution in [-0.2, 0) is 16.9 Å². The van der Waals surface area contributed by atoms with Crippen LogP contribution in [0.2, 0.25) is 0 Å². The Kier molecular flexibility index (Phi) is 5.91. The Morgan fingerprint density at radius 2 is 1.88 bits per heavy atom. The molecule has 0 radical (unpaired) electrons. The third-order valence-corrected chi connectivity index (χ3v) is 6.09. The summed E-state index contributed by atoms with van der Waals surface area (Å²) in [5, 5.41) is 6.37. The number of carbonyl (C=O) groups excluding carboxylic acids is 3. The van der Waals surface area contributed by atoms with Gasteiger partial charge in [-0.15, -0.1) is 11.3 Å². The van der Waals surface area contributed by atoms with E-state index < -0.39 is 23.4 Å². The zero-order chi connectivity index (χ0) is 22.7. The molecule has 0 aliphatic carbocycles. The van der Waals surface area contributed by atoms with Gasteiger partial charge in [-0.1, -0.05) is 37.3 Å². The highest BCUT2D eigenvalue weighted by Gasteiger charge is 2.52. The van der Waals surface area contributed by atoms with Crippen molar-refractivity contribution in [3.05, 3.63) is 81.8 Å². The summed E-state index contributed by atoms with van der Waals surface area (Å²) in [6.07, 6.45) is 0.346. The van der Waals surface area contributed by atoms with Crippen LogP contribution in [0.5, 0.6) is 5.75 Å². The maximum atomic E-state index is 13.1. The topological polar surface area (TPSA) is 101 Å². The van der Waals surface area contributed by atoms with Crippen LogP contribution in [0.1, 0.15) is 40.0 Å². The van der Waals surface area contributed by atoms with Crippen LogP contribution in [0.25, 0.3) is 0 Å². The molecule has 0 saturated carbocycles. The summed E-state index contributed by atoms with van der Waals surface area (Å²) in [5.41, 5.74) is 2.99. The number of hydrazine groups is 1. The van der Waals surface area contributed by atoms with Gasteiger partial charge in [-0.25, -0.2) is 9.78 Å². The van der Waals surface area contributed by atoms with Crippen molar-refractivity contribution in [1.29, 1.82) is 0 Å². The van der Waals surface area contributed by atoms with Gasteiger partial charge in [0.05, 0.1) is 10.7 Å². The summed E-state index contributed by atoms with van der Waals surface area (Å²) in [5.74, 6) is -0.519. The summed E-state index contributed by atoms with van der Waals surface area (Å²) in [6.45, 7) is 4.07. The first-order valence-corrected chi connectivity index (χ1v) is 11.0. The molecule has 32 heavy (non-hydrogen) atoms. The van der Waals surface area contributed by atoms with E-state index in [0.717, 1.165) is 15.7 Å². The molecular formula is C23H22N4O4S. The van der Waals surface area contributed by atoms with Crippen molar-refractivity contribution in [1.82, 2.24) is 20.7 Å². The van der Waals surface area contributed by atoms with Gasteiger partial charge in [0.25, 0.3) is 11.8 Å². The second-order valence-corrected chi connectivity index (χ2v) is 8.37. The number of aromatic nitrogens is 1. The molecule has 1 unspecified atom stereocenters. The van der Waals surface area contributed by atoms with E-state index in [1.165, 1.54) is 0 Å². The molecule has 2 aromatic carbocycles. The number of hydrogen-bond acceptors (Lipinski definition) is 6. The quantitative estimate of drug-likeness (QED) is 0.537. The lowest BCUT2D eigenvalue weighted by Gasteiger charge is -2.25. The summed E-state index contributed by atoms with van der Waals surface area (Å²) >= 11 is 1.55. The van der Waals surface area contributed by atoms with Gasteiger partial charge in [-0.05, 0) is 43.2 Å². The maximum absolute atomic E-state index is 13.1. The van der Waals surface area contributed by atoms with Gasteiger partial charge in [0.1, 0.15) is 17.9 Å². The fourth-order valence-corrected chi connectivity index (χ4v) is 4.14. The number of imide groups is 1. The van der Waals surface area contributed by atoms with Gasteiger partial charge >= 0.3 is 6.03 Å². The van der Waals surface area contributed by atoms with E-state index in [4.69, 9.17) is 4.74 Å². The molecule has 0 bridgehead atoms. The predicted octanol–water partition coefficient (Wildman–Crippen LogP) is 3.53. The van der Waals surface area contributed by atoms with Crippen LogP contribution in [0.4, 0.5) is 4.79 Å². The van der Waals surface area contributed by atoms with Crippen molar-refractivity contribution in [2.45, 2.75) is 32.4 Å². The van der Waals surface area contributed by atoms with Crippen molar-refractivity contribution in [3.8, 4) is 5.75 Å². The van der Waals surface area contributed by atoms with E-state index in [-0.39, 0.29) is 5.56 Å². The van der Waals surface area contributed by atoms with Crippen LogP contribution in [-0.4, -0.2) is 27.8 Å². The lowest BCUT2D eigenvalue weighted by molar-refractivity contribution is -0.133. The van der Waals surface area contributed by atoms with Crippen LogP contribution in [0, 0.1) is 6.92 Å². The van der Waals surface area contributed by atoms with Crippen LogP contribution in [0.15, 0.2) is 60.0 Å². The number of nitrogens with zero attached hydrogens (tertiary/aromatic N) is 2. The first kappa shape index (κ1) is 21.5. The molecule has 2 N–H and O–H groups in total. The minimum atomic E-state index is -1.21. The fourth-order valence-electron chi connectivity index (χ4n) is 3.54. The molecule has 1 aromatic heterocycles. The second kappa shape index (κ2) is 8.80. The first-order valence-electron chi connectivity index (χ1n) is 10.1. The molecule has 4 rings (SSSR count). The first-order chi connectivity index (χ1) is 15.4. The van der Waals surface area contributed by atoms with Crippen LogP contribution in [0.3, 0.4) is 0 Å². The zero-order valence-corrected chi connectivity index (χ0v) is 18.4. The largest absolute Gasteiger partial charge is 0.487 e. The number of aryl methyl sites for hydroxylation is 1. The number of urea groups is 1. The van der Waals surface area contributed by atoms with Gasteiger partial charge < -0.3 is 10.1 Å². The molecule has 8 nitrogen and oxygen atoms in total. The number of amides is 4. The highest BCUT2D eigenvalue weighted by molar-refractivity contribution is 7.09. The average molecular weight is 451 g/mol. The molecule has 1 atom stereocenters. The van der Waals surface area contributed by atoms with E-state index in [0.29, 0.717) is 24.3 Å². The Morgan fingerprint density at radius 1 is 1.16 bits per heavy atom. The Hall–Kier alpha value is -3.72. The lowest BCUT2D eigenvalue weighted by atomic mass is 9.87. The summed E-state index contributed by atoms with van der Waals surface area (Å²) in [7, 11) is 0. The Bertz CT molecular complexity index is 1150. The molecule has 1 fully saturated rings. The number of ether oxygens (including phenoxy) is 1. The monoisotopic (exact) mass is 450 g/mol. The molecule has 2 heterocycles. The highest BCUT2D eigenvalue weighted by atomic mass is 32.1. The minimum absolute atomic E-state index is 0.288. The number of rotatable bonds is 7. The standard InChI is InChI=1S/C23H22N4O4S/c1-3-23(17-7-5-4-6-8-17)21(29)27(22(30)25-23)26-20(28)16-9-11-19(12-10-16)31-13-18-14-32-15(2)24-18/h4-12,14H,3,13H2,1-2H3,(H,25,30)(H,26,28). The molecule has 1 aliphatic rings. The molecular weight excluding hydrogens is 428 g/mol. The van der Waals surface area contributed by atoms with Gasteiger partial charge in [0.2, 0.25) is 0 Å². The fraction of sp³-hybridized carbons (Fsp3) is 0.217. The van der Waals surface area contributed by atoms with Crippen LogP contribution >= 0.6 is 11.3 Å². The molecule has 9 heteroatoms. The Balaban J connectivity index is 1.43. The number of nitrogens with one attached hydrogen (secondary N) is 2. The summed E-state index contributed by atoms with van der Waals surface area (Å²) in [4.78, 5) is 42.7. The van der Waals surface area contributed by atoms with Gasteiger partial charge in [-0.3, -0.25) is 15.0 Å². The van der Waals surface area contributed by atoms with E-state index in [1.54, 1.807) is 59.9 Å². The van der Waals surface area contributed by atoms with E-state index in [9.17, 15) is 14.4 Å². The molecule has 4 amide bonds. The van der Waals surface area contributed by atoms with E-state index in [2.05, 4.69) is 15.7 Å². The lowest BCUT2D eigenvalue weighted by Crippen LogP contribution is -2.48. The minimum Gasteiger partial charge on any atom is -0.487 e. The second-order valence-electron chi connectivity index (χ2n) is 7.31. The highest BCUT2D eigenvalue weighted by Crippen LogP contribution is 2.31. The molecule has 1 saturated heterocycles. The number of thiazole rings is 1. The predicted molar refractivity (Wildman–Crippen MR) is 119 cm³/mol. The van der Waals surface area contributed by atoms with Crippen molar-refractivity contribution in [2.24, 2.45) is 0 Å². The maximum Gasteiger partial charge on any atom is 0.344 e. The molecule has 1 aliphatic heterocycles. The van der Waals surface area contributed by atoms with Gasteiger partial charge in [0, 0.05) is 10.9 Å². The summed E-state index contributed by atoms with van der Waals surface area (Å²) < 4.78 is 5.68. The summed E-state index contributed by atoms with van der Waals surface area (Å²) in [6, 6.07) is 14.8. The number of carbonyl (C=O) groups is 3. The van der Waals surface area contributed by atoms with Gasteiger partial charge in [-0.2, -0.15) is 5.01 Å². The third kappa shape index (κ3) is 4.06. The number of benzene rings is 2. The van der Waals surface area contributed by atoms with Crippen molar-refractivity contribution in [2.75, 3.05) is 0 Å². The Labute approximate surface area is 189 Å². The Morgan fingerprint density at radius 3 is 2.50 bits per heavy atom. The molecule has 3 aromatic rings. The van der Waals surface area contributed by atoms with Gasteiger partial charge in [0.15, 0.2) is 0 Å². The van der Waals surface area contributed by atoms with Crippen molar-refractivity contribution in [3.63, 3.8) is 0 Å². The molecule has 0 spiro atoms. The normalized spacial score (nSPS) is 17.9. The van der Waals surface area contributed by atoms with Crippen molar-refractivity contribution < 1.29 is 19.1 Å². The smallest absolute Gasteiger partial charge is 0.344 e. The van der Waals surface area contributed by atoms with E-state index in [1.807, 2.05) is 25.3 Å². The SMILES string of the molecule is CCC1(c2ccccc2)NC(=O)N(NC(=O)c2ccc(OCc3csc(C)n3)cc2)C1=O. The number of hydrogen-bond donors (Lipinski definition) is 2.